The lowest BCUT2D eigenvalue weighted by molar-refractivity contribution is -0.137. The summed E-state index contributed by atoms with van der Waals surface area (Å²) < 4.78 is 44.9. The standard InChI is InChI=1S/C16H15BrF3N3OS/c17-12-3-1-11(13(9-12)16(18,19)20)2-4-14-21-15(24-22-14)10-23-5-7-25-8-6-23/h1-4,9H,5-8,10H2. The van der Waals surface area contributed by atoms with E-state index in [1.54, 1.807) is 6.07 Å². The van der Waals surface area contributed by atoms with Crippen LogP contribution in [0.15, 0.2) is 27.2 Å². The zero-order chi connectivity index (χ0) is 17.9. The van der Waals surface area contributed by atoms with Gasteiger partial charge < -0.3 is 4.52 Å². The summed E-state index contributed by atoms with van der Waals surface area (Å²) >= 11 is 4.97. The molecule has 0 bridgehead atoms. The quantitative estimate of drug-likeness (QED) is 0.706. The second-order valence-corrected chi connectivity index (χ2v) is 7.64. The number of thioether (sulfide) groups is 1. The molecule has 134 valence electrons. The van der Waals surface area contributed by atoms with Gasteiger partial charge in [0, 0.05) is 29.1 Å². The van der Waals surface area contributed by atoms with E-state index in [1.165, 1.54) is 18.2 Å². The van der Waals surface area contributed by atoms with E-state index in [4.69, 9.17) is 4.52 Å². The van der Waals surface area contributed by atoms with Crippen LogP contribution in [0.25, 0.3) is 12.2 Å². The number of hydrogen-bond acceptors (Lipinski definition) is 5. The van der Waals surface area contributed by atoms with Crippen LogP contribution in [0.3, 0.4) is 0 Å². The molecule has 0 atom stereocenters. The van der Waals surface area contributed by atoms with Gasteiger partial charge in [0.15, 0.2) is 5.82 Å². The Bertz CT molecular complexity index is 757. The van der Waals surface area contributed by atoms with Gasteiger partial charge in [0.1, 0.15) is 0 Å². The summed E-state index contributed by atoms with van der Waals surface area (Å²) in [5, 5.41) is 3.81. The van der Waals surface area contributed by atoms with Crippen molar-refractivity contribution in [3.05, 3.63) is 45.5 Å². The largest absolute Gasteiger partial charge is 0.417 e. The number of aromatic nitrogens is 2. The molecule has 0 saturated carbocycles. The number of hydrogen-bond donors (Lipinski definition) is 0. The van der Waals surface area contributed by atoms with E-state index in [9.17, 15) is 13.2 Å². The highest BCUT2D eigenvalue weighted by atomic mass is 79.9. The number of rotatable bonds is 4. The van der Waals surface area contributed by atoms with E-state index in [0.717, 1.165) is 30.7 Å². The molecule has 0 unspecified atom stereocenters. The predicted octanol–water partition coefficient (Wildman–Crippen LogP) is 4.57. The van der Waals surface area contributed by atoms with Gasteiger partial charge in [0.2, 0.25) is 5.89 Å². The average Bonchev–Trinajstić information content (AvgIpc) is 3.01. The van der Waals surface area contributed by atoms with Crippen molar-refractivity contribution >= 4 is 39.8 Å². The Kier molecular flexibility index (Phi) is 5.85. The van der Waals surface area contributed by atoms with E-state index < -0.39 is 11.7 Å². The lowest BCUT2D eigenvalue weighted by atomic mass is 10.1. The van der Waals surface area contributed by atoms with Crippen LogP contribution in [0.2, 0.25) is 0 Å². The van der Waals surface area contributed by atoms with Crippen molar-refractivity contribution in [2.75, 3.05) is 24.6 Å². The summed E-state index contributed by atoms with van der Waals surface area (Å²) in [6, 6.07) is 4.01. The monoisotopic (exact) mass is 433 g/mol. The van der Waals surface area contributed by atoms with Crippen LogP contribution in [0.1, 0.15) is 22.8 Å². The number of alkyl halides is 3. The van der Waals surface area contributed by atoms with E-state index in [1.807, 2.05) is 11.8 Å². The summed E-state index contributed by atoms with van der Waals surface area (Å²) in [7, 11) is 0. The Morgan fingerprint density at radius 3 is 2.72 bits per heavy atom. The Hall–Kier alpha value is -1.32. The van der Waals surface area contributed by atoms with Crippen molar-refractivity contribution < 1.29 is 17.7 Å². The van der Waals surface area contributed by atoms with Gasteiger partial charge in [0.25, 0.3) is 0 Å². The van der Waals surface area contributed by atoms with E-state index in [2.05, 4.69) is 31.0 Å². The zero-order valence-corrected chi connectivity index (χ0v) is 15.5. The Balaban J connectivity index is 1.72. The molecule has 0 spiro atoms. The maximum atomic E-state index is 13.1. The summed E-state index contributed by atoms with van der Waals surface area (Å²) in [5.74, 6) is 2.88. The van der Waals surface area contributed by atoms with Crippen molar-refractivity contribution in [1.82, 2.24) is 15.0 Å². The summed E-state index contributed by atoms with van der Waals surface area (Å²) in [4.78, 5) is 6.44. The van der Waals surface area contributed by atoms with Crippen LogP contribution in [-0.4, -0.2) is 39.6 Å². The first kappa shape index (κ1) is 18.5. The summed E-state index contributed by atoms with van der Waals surface area (Å²) in [5.41, 5.74) is -0.664. The molecule has 2 aromatic rings. The van der Waals surface area contributed by atoms with Crippen LogP contribution in [0.5, 0.6) is 0 Å². The topological polar surface area (TPSA) is 42.2 Å². The number of benzene rings is 1. The average molecular weight is 434 g/mol. The SMILES string of the molecule is FC(F)(F)c1cc(Br)ccc1C=Cc1noc(CN2CCSCC2)n1. The third-order valence-electron chi connectivity index (χ3n) is 3.68. The maximum absolute atomic E-state index is 13.1. The molecule has 9 heteroatoms. The molecule has 25 heavy (non-hydrogen) atoms. The van der Waals surface area contributed by atoms with E-state index in [-0.39, 0.29) is 11.4 Å². The van der Waals surface area contributed by atoms with Crippen LogP contribution in [0.4, 0.5) is 13.2 Å². The van der Waals surface area contributed by atoms with Gasteiger partial charge in [-0.1, -0.05) is 33.2 Å². The zero-order valence-electron chi connectivity index (χ0n) is 13.1. The Morgan fingerprint density at radius 1 is 1.24 bits per heavy atom. The summed E-state index contributed by atoms with van der Waals surface area (Å²) in [6.07, 6.45) is -1.66. The highest BCUT2D eigenvalue weighted by molar-refractivity contribution is 9.10. The molecule has 1 aromatic heterocycles. The fourth-order valence-corrected chi connectivity index (χ4v) is 3.77. The molecule has 0 amide bonds. The van der Waals surface area contributed by atoms with Gasteiger partial charge in [-0.3, -0.25) is 4.90 Å². The normalized spacial score (nSPS) is 16.6. The van der Waals surface area contributed by atoms with Gasteiger partial charge in [0.05, 0.1) is 12.1 Å². The molecule has 0 N–H and O–H groups in total. The number of halogens is 4. The molecule has 1 saturated heterocycles. The first-order chi connectivity index (χ1) is 11.9. The van der Waals surface area contributed by atoms with Gasteiger partial charge in [-0.25, -0.2) is 0 Å². The molecule has 1 aromatic carbocycles. The summed E-state index contributed by atoms with van der Waals surface area (Å²) in [6.45, 7) is 2.49. The van der Waals surface area contributed by atoms with Crippen molar-refractivity contribution in [3.8, 4) is 0 Å². The van der Waals surface area contributed by atoms with Crippen molar-refractivity contribution in [1.29, 1.82) is 0 Å². The third-order valence-corrected chi connectivity index (χ3v) is 5.11. The molecule has 0 aliphatic carbocycles. The maximum Gasteiger partial charge on any atom is 0.417 e. The molecule has 1 fully saturated rings. The Morgan fingerprint density at radius 2 is 2.00 bits per heavy atom. The Labute approximate surface area is 155 Å². The molecule has 2 heterocycles. The fourth-order valence-electron chi connectivity index (χ4n) is 2.43. The van der Waals surface area contributed by atoms with Gasteiger partial charge in [-0.15, -0.1) is 0 Å². The molecule has 1 aliphatic heterocycles. The van der Waals surface area contributed by atoms with E-state index in [0.29, 0.717) is 16.9 Å². The lowest BCUT2D eigenvalue weighted by Crippen LogP contribution is -2.32. The smallest absolute Gasteiger partial charge is 0.338 e. The molecular weight excluding hydrogens is 419 g/mol. The van der Waals surface area contributed by atoms with Gasteiger partial charge >= 0.3 is 6.18 Å². The molecule has 4 nitrogen and oxygen atoms in total. The van der Waals surface area contributed by atoms with Crippen LogP contribution < -0.4 is 0 Å². The van der Waals surface area contributed by atoms with Crippen molar-refractivity contribution in [3.63, 3.8) is 0 Å². The minimum Gasteiger partial charge on any atom is -0.338 e. The highest BCUT2D eigenvalue weighted by Gasteiger charge is 2.32. The van der Waals surface area contributed by atoms with Crippen LogP contribution in [-0.2, 0) is 12.7 Å². The fraction of sp³-hybridized carbons (Fsp3) is 0.375. The minimum absolute atomic E-state index is 0.0510. The lowest BCUT2D eigenvalue weighted by Gasteiger charge is -2.24. The molecular formula is C16H15BrF3N3OS. The molecule has 1 aliphatic rings. The second-order valence-electron chi connectivity index (χ2n) is 5.50. The molecule has 3 rings (SSSR count). The van der Waals surface area contributed by atoms with Crippen molar-refractivity contribution in [2.45, 2.75) is 12.7 Å². The van der Waals surface area contributed by atoms with E-state index >= 15 is 0 Å². The van der Waals surface area contributed by atoms with Gasteiger partial charge in [-0.05, 0) is 23.8 Å². The van der Waals surface area contributed by atoms with Crippen molar-refractivity contribution in [2.24, 2.45) is 0 Å². The minimum atomic E-state index is -4.43. The van der Waals surface area contributed by atoms with Crippen LogP contribution >= 0.6 is 27.7 Å². The van der Waals surface area contributed by atoms with Gasteiger partial charge in [-0.2, -0.15) is 29.9 Å². The third kappa shape index (κ3) is 5.08. The first-order valence-corrected chi connectivity index (χ1v) is 9.54. The first-order valence-electron chi connectivity index (χ1n) is 7.59. The highest BCUT2D eigenvalue weighted by Crippen LogP contribution is 2.34. The second kappa shape index (κ2) is 7.92. The molecule has 0 radical (unpaired) electrons. The van der Waals surface area contributed by atoms with Crippen LogP contribution in [0, 0.1) is 0 Å². The predicted molar refractivity (Wildman–Crippen MR) is 95.0 cm³/mol. The number of nitrogens with zero attached hydrogens (tertiary/aromatic N) is 3.